The average Bonchev–Trinajstić information content (AvgIpc) is 2.40. The summed E-state index contributed by atoms with van der Waals surface area (Å²) in [5, 5.41) is 4.28. The minimum absolute atomic E-state index is 0.0537. The van der Waals surface area contributed by atoms with Crippen molar-refractivity contribution in [1.29, 1.82) is 0 Å². The van der Waals surface area contributed by atoms with Crippen LogP contribution in [-0.2, 0) is 11.4 Å². The van der Waals surface area contributed by atoms with Crippen molar-refractivity contribution >= 4 is 17.8 Å². The van der Waals surface area contributed by atoms with Crippen LogP contribution in [0, 0.1) is 11.6 Å². The molecule has 2 aromatic rings. The second kappa shape index (κ2) is 6.29. The Labute approximate surface area is 114 Å². The Bertz CT molecular complexity index is 602. The number of rotatable bonds is 4. The van der Waals surface area contributed by atoms with Crippen LogP contribution in [0.25, 0.3) is 0 Å². The Morgan fingerprint density at radius 1 is 1.11 bits per heavy atom. The number of hydrogen-bond donors (Lipinski definition) is 0. The van der Waals surface area contributed by atoms with Gasteiger partial charge in [-0.05, 0) is 23.8 Å². The van der Waals surface area contributed by atoms with Gasteiger partial charge in [0.05, 0.1) is 6.21 Å². The van der Waals surface area contributed by atoms with Crippen LogP contribution in [0.15, 0.2) is 47.6 Å². The molecule has 19 heavy (non-hydrogen) atoms. The van der Waals surface area contributed by atoms with Crippen LogP contribution in [-0.4, -0.2) is 6.21 Å². The van der Waals surface area contributed by atoms with Gasteiger partial charge in [-0.3, -0.25) is 0 Å². The topological polar surface area (TPSA) is 21.6 Å². The summed E-state index contributed by atoms with van der Waals surface area (Å²) in [6.45, 7) is 0.0537. The van der Waals surface area contributed by atoms with Gasteiger partial charge in [0.2, 0.25) is 0 Å². The molecule has 2 nitrogen and oxygen atoms in total. The molecule has 0 amide bonds. The molecule has 0 aliphatic rings. The number of benzene rings is 2. The number of nitrogens with zero attached hydrogens (tertiary/aromatic N) is 1. The normalized spacial score (nSPS) is 10.9. The second-order valence-electron chi connectivity index (χ2n) is 3.78. The van der Waals surface area contributed by atoms with E-state index in [2.05, 4.69) is 5.16 Å². The number of hydrogen-bond acceptors (Lipinski definition) is 2. The number of halogens is 3. The molecule has 0 N–H and O–H groups in total. The van der Waals surface area contributed by atoms with Gasteiger partial charge in [-0.15, -0.1) is 0 Å². The molecule has 0 aliphatic carbocycles. The molecule has 2 aromatic carbocycles. The summed E-state index contributed by atoms with van der Waals surface area (Å²) < 4.78 is 25.6. The van der Waals surface area contributed by atoms with Crippen molar-refractivity contribution in [3.8, 4) is 0 Å². The maximum Gasteiger partial charge on any atom is 0.159 e. The fraction of sp³-hybridized carbons (Fsp3) is 0.0714. The van der Waals surface area contributed by atoms with Gasteiger partial charge in [-0.1, -0.05) is 41.0 Å². The zero-order chi connectivity index (χ0) is 13.7. The van der Waals surface area contributed by atoms with Crippen LogP contribution in [0.4, 0.5) is 8.78 Å². The third-order valence-electron chi connectivity index (χ3n) is 2.39. The molecule has 0 atom stereocenters. The Kier molecular flexibility index (Phi) is 4.47. The van der Waals surface area contributed by atoms with Gasteiger partial charge in [0, 0.05) is 10.6 Å². The fourth-order valence-electron chi connectivity index (χ4n) is 1.42. The first-order valence-electron chi connectivity index (χ1n) is 5.50. The molecular weight excluding hydrogens is 272 g/mol. The second-order valence-corrected chi connectivity index (χ2v) is 4.19. The van der Waals surface area contributed by atoms with Gasteiger partial charge >= 0.3 is 0 Å². The maximum atomic E-state index is 12.9. The first-order valence-corrected chi connectivity index (χ1v) is 5.88. The predicted molar refractivity (Wildman–Crippen MR) is 70.2 cm³/mol. The van der Waals surface area contributed by atoms with Crippen LogP contribution >= 0.6 is 11.6 Å². The van der Waals surface area contributed by atoms with Crippen LogP contribution in [0.5, 0.6) is 0 Å². The molecule has 0 saturated carbocycles. The van der Waals surface area contributed by atoms with E-state index in [1.165, 1.54) is 12.3 Å². The molecule has 0 aromatic heterocycles. The highest BCUT2D eigenvalue weighted by atomic mass is 35.5. The van der Waals surface area contributed by atoms with E-state index in [0.717, 1.165) is 17.7 Å². The molecule has 0 radical (unpaired) electrons. The first-order chi connectivity index (χ1) is 9.16. The average molecular weight is 282 g/mol. The Morgan fingerprint density at radius 2 is 1.89 bits per heavy atom. The molecule has 0 bridgehead atoms. The van der Waals surface area contributed by atoms with Gasteiger partial charge in [-0.2, -0.15) is 0 Å². The summed E-state index contributed by atoms with van der Waals surface area (Å²) in [5.74, 6) is -1.79. The summed E-state index contributed by atoms with van der Waals surface area (Å²) >= 11 is 5.92. The molecular formula is C14H10ClF2NO. The summed E-state index contributed by atoms with van der Waals surface area (Å²) in [4.78, 5) is 5.00. The molecule has 0 spiro atoms. The lowest BCUT2D eigenvalue weighted by atomic mass is 10.2. The monoisotopic (exact) mass is 281 g/mol. The van der Waals surface area contributed by atoms with Crippen molar-refractivity contribution in [3.05, 3.63) is 70.2 Å². The zero-order valence-corrected chi connectivity index (χ0v) is 10.6. The summed E-state index contributed by atoms with van der Waals surface area (Å²) in [5.41, 5.74) is 1.21. The third-order valence-corrected chi connectivity index (χ3v) is 2.73. The lowest BCUT2D eigenvalue weighted by molar-refractivity contribution is 0.132. The van der Waals surface area contributed by atoms with E-state index in [4.69, 9.17) is 16.4 Å². The molecule has 0 saturated heterocycles. The van der Waals surface area contributed by atoms with Gasteiger partial charge in [0.1, 0.15) is 6.61 Å². The van der Waals surface area contributed by atoms with Crippen molar-refractivity contribution in [3.63, 3.8) is 0 Å². The van der Waals surface area contributed by atoms with Crippen molar-refractivity contribution < 1.29 is 13.6 Å². The third kappa shape index (κ3) is 3.76. The Hall–Kier alpha value is -1.94. The molecule has 0 fully saturated rings. The Balaban J connectivity index is 1.93. The molecule has 2 rings (SSSR count). The van der Waals surface area contributed by atoms with Crippen molar-refractivity contribution in [2.24, 2.45) is 5.16 Å². The summed E-state index contributed by atoms with van der Waals surface area (Å²) in [6, 6.07) is 10.7. The summed E-state index contributed by atoms with van der Waals surface area (Å²) in [7, 11) is 0. The van der Waals surface area contributed by atoms with E-state index >= 15 is 0 Å². The van der Waals surface area contributed by atoms with E-state index in [1.807, 2.05) is 12.1 Å². The highest BCUT2D eigenvalue weighted by Crippen LogP contribution is 2.13. The highest BCUT2D eigenvalue weighted by Gasteiger charge is 2.02. The van der Waals surface area contributed by atoms with E-state index < -0.39 is 11.6 Å². The molecule has 98 valence electrons. The van der Waals surface area contributed by atoms with E-state index in [-0.39, 0.29) is 6.61 Å². The fourth-order valence-corrected chi connectivity index (χ4v) is 1.60. The molecule has 5 heteroatoms. The summed E-state index contributed by atoms with van der Waals surface area (Å²) in [6.07, 6.45) is 1.46. The number of oxime groups is 1. The molecule has 0 heterocycles. The van der Waals surface area contributed by atoms with Crippen molar-refractivity contribution in [2.45, 2.75) is 6.61 Å². The van der Waals surface area contributed by atoms with Gasteiger partial charge < -0.3 is 4.84 Å². The SMILES string of the molecule is Fc1ccc(CON=Cc2ccccc2Cl)cc1F. The van der Waals surface area contributed by atoms with Crippen molar-refractivity contribution in [2.75, 3.05) is 0 Å². The van der Waals surface area contributed by atoms with Crippen molar-refractivity contribution in [1.82, 2.24) is 0 Å². The predicted octanol–water partition coefficient (Wildman–Crippen LogP) is 4.17. The zero-order valence-electron chi connectivity index (χ0n) is 9.82. The van der Waals surface area contributed by atoms with Crippen LogP contribution in [0.1, 0.15) is 11.1 Å². The largest absolute Gasteiger partial charge is 0.391 e. The van der Waals surface area contributed by atoms with E-state index in [9.17, 15) is 8.78 Å². The smallest absolute Gasteiger partial charge is 0.159 e. The molecule has 0 aliphatic heterocycles. The minimum atomic E-state index is -0.906. The van der Waals surface area contributed by atoms with E-state index in [1.54, 1.807) is 12.1 Å². The quantitative estimate of drug-likeness (QED) is 0.609. The Morgan fingerprint density at radius 3 is 2.63 bits per heavy atom. The maximum absolute atomic E-state index is 12.9. The highest BCUT2D eigenvalue weighted by molar-refractivity contribution is 6.33. The lowest BCUT2D eigenvalue weighted by Gasteiger charge is -2.01. The van der Waals surface area contributed by atoms with Gasteiger partial charge in [0.15, 0.2) is 11.6 Å². The molecule has 0 unspecified atom stereocenters. The lowest BCUT2D eigenvalue weighted by Crippen LogP contribution is -1.92. The van der Waals surface area contributed by atoms with Crippen LogP contribution < -0.4 is 0 Å². The first kappa shape index (κ1) is 13.5. The van der Waals surface area contributed by atoms with Crippen LogP contribution in [0.3, 0.4) is 0 Å². The van der Waals surface area contributed by atoms with Gasteiger partial charge in [-0.25, -0.2) is 8.78 Å². The minimum Gasteiger partial charge on any atom is -0.391 e. The van der Waals surface area contributed by atoms with Gasteiger partial charge in [0.25, 0.3) is 0 Å². The van der Waals surface area contributed by atoms with Crippen LogP contribution in [0.2, 0.25) is 5.02 Å². The van der Waals surface area contributed by atoms with E-state index in [0.29, 0.717) is 10.6 Å². The standard InChI is InChI=1S/C14H10ClF2NO/c15-12-4-2-1-3-11(12)8-18-19-9-10-5-6-13(16)14(17)7-10/h1-8H,9H2.